The van der Waals surface area contributed by atoms with Crippen molar-refractivity contribution in [1.82, 2.24) is 9.21 Å². The Balaban J connectivity index is 2.18. The van der Waals surface area contributed by atoms with Crippen LogP contribution >= 0.6 is 0 Å². The van der Waals surface area contributed by atoms with Crippen LogP contribution in [-0.2, 0) is 10.0 Å². The zero-order chi connectivity index (χ0) is 14.8. The van der Waals surface area contributed by atoms with Crippen molar-refractivity contribution >= 4 is 10.0 Å². The second-order valence-electron chi connectivity index (χ2n) is 4.41. The number of nitriles is 1. The van der Waals surface area contributed by atoms with E-state index in [4.69, 9.17) is 5.26 Å². The Morgan fingerprint density at radius 2 is 1.85 bits per heavy atom. The second kappa shape index (κ2) is 5.83. The first kappa shape index (κ1) is 14.8. The molecule has 0 spiro atoms. The van der Waals surface area contributed by atoms with E-state index in [1.165, 1.54) is 0 Å². The molecule has 2 rings (SSSR count). The van der Waals surface area contributed by atoms with Gasteiger partial charge >= 0.3 is 0 Å². The van der Waals surface area contributed by atoms with Crippen LogP contribution in [0.1, 0.15) is 0 Å². The van der Waals surface area contributed by atoms with Crippen LogP contribution in [0, 0.1) is 23.0 Å². The normalized spacial score (nSPS) is 17.9. The van der Waals surface area contributed by atoms with E-state index in [9.17, 15) is 17.2 Å². The molecule has 1 aliphatic heterocycles. The standard InChI is InChI=1S/C12H13F2N3O2S/c13-10-1-2-12(11(14)9-10)20(18,19)17-7-5-16(4-3-15)6-8-17/h1-2,9H,4-8H2. The van der Waals surface area contributed by atoms with Gasteiger partial charge in [0.15, 0.2) is 0 Å². The third kappa shape index (κ3) is 2.95. The fourth-order valence-electron chi connectivity index (χ4n) is 2.05. The SMILES string of the molecule is N#CCN1CCN(S(=O)(=O)c2ccc(F)cc2F)CC1. The molecule has 0 amide bonds. The molecule has 0 radical (unpaired) electrons. The van der Waals surface area contributed by atoms with Crippen LogP contribution in [0.15, 0.2) is 23.1 Å². The molecule has 1 fully saturated rings. The average Bonchev–Trinajstić information content (AvgIpc) is 2.39. The van der Waals surface area contributed by atoms with E-state index in [0.717, 1.165) is 16.4 Å². The molecule has 108 valence electrons. The summed E-state index contributed by atoms with van der Waals surface area (Å²) in [5.41, 5.74) is 0. The van der Waals surface area contributed by atoms with E-state index in [0.29, 0.717) is 19.2 Å². The molecule has 8 heteroatoms. The van der Waals surface area contributed by atoms with Gasteiger partial charge in [0.05, 0.1) is 12.6 Å². The number of hydrogen-bond donors (Lipinski definition) is 0. The van der Waals surface area contributed by atoms with Crippen LogP contribution in [0.2, 0.25) is 0 Å². The largest absolute Gasteiger partial charge is 0.288 e. The van der Waals surface area contributed by atoms with Gasteiger partial charge in [0.25, 0.3) is 0 Å². The quantitative estimate of drug-likeness (QED) is 0.775. The zero-order valence-electron chi connectivity index (χ0n) is 10.6. The molecule has 0 atom stereocenters. The van der Waals surface area contributed by atoms with Crippen LogP contribution in [0.25, 0.3) is 0 Å². The van der Waals surface area contributed by atoms with E-state index in [1.54, 1.807) is 0 Å². The maximum atomic E-state index is 13.6. The Hall–Kier alpha value is -1.56. The number of nitrogens with zero attached hydrogens (tertiary/aromatic N) is 3. The molecule has 0 aromatic heterocycles. The third-order valence-corrected chi connectivity index (χ3v) is 5.07. The van der Waals surface area contributed by atoms with Gasteiger partial charge in [-0.3, -0.25) is 4.90 Å². The van der Waals surface area contributed by atoms with Crippen molar-refractivity contribution in [3.63, 3.8) is 0 Å². The lowest BCUT2D eigenvalue weighted by Gasteiger charge is -2.32. The topological polar surface area (TPSA) is 64.4 Å². The number of hydrogen-bond acceptors (Lipinski definition) is 4. The molecule has 0 aliphatic carbocycles. The number of halogens is 2. The van der Waals surface area contributed by atoms with Crippen molar-refractivity contribution in [2.24, 2.45) is 0 Å². The van der Waals surface area contributed by atoms with Crippen LogP contribution < -0.4 is 0 Å². The summed E-state index contributed by atoms with van der Waals surface area (Å²) in [4.78, 5) is 1.29. The first-order valence-corrected chi connectivity index (χ1v) is 7.43. The lowest BCUT2D eigenvalue weighted by molar-refractivity contribution is 0.206. The Labute approximate surface area is 116 Å². The summed E-state index contributed by atoms with van der Waals surface area (Å²) in [5.74, 6) is -1.91. The molecule has 1 aromatic rings. The Morgan fingerprint density at radius 1 is 1.20 bits per heavy atom. The smallest absolute Gasteiger partial charge is 0.246 e. The van der Waals surface area contributed by atoms with Crippen LogP contribution in [-0.4, -0.2) is 50.3 Å². The van der Waals surface area contributed by atoms with Crippen LogP contribution in [0.3, 0.4) is 0 Å². The van der Waals surface area contributed by atoms with Gasteiger partial charge in [0.1, 0.15) is 16.5 Å². The van der Waals surface area contributed by atoms with Gasteiger partial charge < -0.3 is 0 Å². The number of sulfonamides is 1. The van der Waals surface area contributed by atoms with Crippen molar-refractivity contribution in [1.29, 1.82) is 5.26 Å². The molecule has 0 saturated carbocycles. The molecular weight excluding hydrogens is 288 g/mol. The third-order valence-electron chi connectivity index (χ3n) is 3.14. The lowest BCUT2D eigenvalue weighted by Crippen LogP contribution is -2.48. The lowest BCUT2D eigenvalue weighted by atomic mass is 10.3. The first-order chi connectivity index (χ1) is 9.45. The predicted molar refractivity (Wildman–Crippen MR) is 67.2 cm³/mol. The van der Waals surface area contributed by atoms with Crippen LogP contribution in [0.4, 0.5) is 8.78 Å². The summed E-state index contributed by atoms with van der Waals surface area (Å²) in [5, 5.41) is 8.58. The first-order valence-electron chi connectivity index (χ1n) is 5.99. The molecule has 20 heavy (non-hydrogen) atoms. The highest BCUT2D eigenvalue weighted by Crippen LogP contribution is 2.21. The van der Waals surface area contributed by atoms with E-state index >= 15 is 0 Å². The average molecular weight is 301 g/mol. The maximum Gasteiger partial charge on any atom is 0.246 e. The van der Waals surface area contributed by atoms with Crippen molar-refractivity contribution in [3.8, 4) is 6.07 Å². The molecule has 5 nitrogen and oxygen atoms in total. The summed E-state index contributed by atoms with van der Waals surface area (Å²) < 4.78 is 52.1. The van der Waals surface area contributed by atoms with Gasteiger partial charge in [-0.25, -0.2) is 17.2 Å². The number of benzene rings is 1. The fraction of sp³-hybridized carbons (Fsp3) is 0.417. The minimum Gasteiger partial charge on any atom is -0.288 e. The van der Waals surface area contributed by atoms with Crippen LogP contribution in [0.5, 0.6) is 0 Å². The molecule has 0 bridgehead atoms. The predicted octanol–water partition coefficient (Wildman–Crippen LogP) is 0.795. The highest BCUT2D eigenvalue weighted by atomic mass is 32.2. The Bertz CT molecular complexity index is 635. The van der Waals surface area contributed by atoms with Gasteiger partial charge in [0.2, 0.25) is 10.0 Å². The molecule has 1 saturated heterocycles. The fourth-order valence-corrected chi connectivity index (χ4v) is 3.52. The molecule has 0 unspecified atom stereocenters. The summed E-state index contributed by atoms with van der Waals surface area (Å²) in [7, 11) is -3.97. The highest BCUT2D eigenvalue weighted by molar-refractivity contribution is 7.89. The van der Waals surface area contributed by atoms with Gasteiger partial charge in [-0.05, 0) is 12.1 Å². The van der Waals surface area contributed by atoms with Gasteiger partial charge in [-0.2, -0.15) is 9.57 Å². The summed E-state index contributed by atoms with van der Waals surface area (Å²) in [6, 6.07) is 4.40. The van der Waals surface area contributed by atoms with Crippen molar-refractivity contribution in [2.75, 3.05) is 32.7 Å². The van der Waals surface area contributed by atoms with Gasteiger partial charge in [0, 0.05) is 32.2 Å². The second-order valence-corrected chi connectivity index (χ2v) is 6.32. The highest BCUT2D eigenvalue weighted by Gasteiger charge is 2.30. The van der Waals surface area contributed by atoms with E-state index in [1.807, 2.05) is 11.0 Å². The molecular formula is C12H13F2N3O2S. The molecule has 1 aliphatic rings. The minimum atomic E-state index is -3.97. The van der Waals surface area contributed by atoms with Gasteiger partial charge in [-0.1, -0.05) is 0 Å². The molecule has 1 heterocycles. The zero-order valence-corrected chi connectivity index (χ0v) is 11.4. The maximum absolute atomic E-state index is 13.6. The summed E-state index contributed by atoms with van der Waals surface area (Å²) in [6.07, 6.45) is 0. The summed E-state index contributed by atoms with van der Waals surface area (Å²) >= 11 is 0. The Morgan fingerprint density at radius 3 is 2.40 bits per heavy atom. The molecule has 1 aromatic carbocycles. The van der Waals surface area contributed by atoms with Crippen molar-refractivity contribution < 1.29 is 17.2 Å². The van der Waals surface area contributed by atoms with Crippen molar-refractivity contribution in [3.05, 3.63) is 29.8 Å². The monoisotopic (exact) mass is 301 g/mol. The van der Waals surface area contributed by atoms with Crippen molar-refractivity contribution in [2.45, 2.75) is 4.90 Å². The number of rotatable bonds is 3. The number of piperazine rings is 1. The minimum absolute atomic E-state index is 0.181. The van der Waals surface area contributed by atoms with E-state index < -0.39 is 26.6 Å². The van der Waals surface area contributed by atoms with Gasteiger partial charge in [-0.15, -0.1) is 0 Å². The van der Waals surface area contributed by atoms with E-state index in [2.05, 4.69) is 0 Å². The summed E-state index contributed by atoms with van der Waals surface area (Å²) in [6.45, 7) is 1.42. The van der Waals surface area contributed by atoms with E-state index in [-0.39, 0.29) is 19.6 Å². The Kier molecular flexibility index (Phi) is 4.32. The molecule has 0 N–H and O–H groups in total.